The summed E-state index contributed by atoms with van der Waals surface area (Å²) in [5.74, 6) is -0.298. The molecule has 0 saturated heterocycles. The molecule has 7 nitrogen and oxygen atoms in total. The Bertz CT molecular complexity index is 571. The molecule has 0 aromatic carbocycles. The van der Waals surface area contributed by atoms with Crippen LogP contribution in [0.3, 0.4) is 0 Å². The van der Waals surface area contributed by atoms with Crippen molar-refractivity contribution < 1.29 is 13.2 Å². The van der Waals surface area contributed by atoms with E-state index in [2.05, 4.69) is 10.3 Å². The van der Waals surface area contributed by atoms with Crippen molar-refractivity contribution in [3.8, 4) is 0 Å². The summed E-state index contributed by atoms with van der Waals surface area (Å²) in [5.41, 5.74) is 11.5. The van der Waals surface area contributed by atoms with Gasteiger partial charge >= 0.3 is 0 Å². The van der Waals surface area contributed by atoms with Crippen LogP contribution in [0.1, 0.15) is 24.9 Å². The van der Waals surface area contributed by atoms with Crippen LogP contribution in [0.25, 0.3) is 0 Å². The largest absolute Gasteiger partial charge is 0.368 e. The molecule has 0 spiro atoms. The first kappa shape index (κ1) is 15.4. The van der Waals surface area contributed by atoms with Crippen LogP contribution >= 0.6 is 0 Å². The van der Waals surface area contributed by atoms with Crippen molar-refractivity contribution in [1.29, 1.82) is 0 Å². The van der Waals surface area contributed by atoms with E-state index in [0.29, 0.717) is 12.0 Å². The third-order valence-corrected chi connectivity index (χ3v) is 3.48. The van der Waals surface area contributed by atoms with Crippen molar-refractivity contribution in [1.82, 2.24) is 4.98 Å². The van der Waals surface area contributed by atoms with Gasteiger partial charge in [0.15, 0.2) is 14.9 Å². The maximum atomic E-state index is 11.6. The highest BCUT2D eigenvalue weighted by Crippen LogP contribution is 2.20. The number of nitrogens with one attached hydrogen (secondary N) is 1. The van der Waals surface area contributed by atoms with Gasteiger partial charge in [-0.25, -0.2) is 13.4 Å². The number of pyridine rings is 1. The number of primary amides is 1. The molecule has 106 valence electrons. The molecule has 0 aliphatic carbocycles. The minimum absolute atomic E-state index is 0.0825. The molecule has 0 unspecified atom stereocenters. The summed E-state index contributed by atoms with van der Waals surface area (Å²) < 4.78 is 23.1. The summed E-state index contributed by atoms with van der Waals surface area (Å²) in [5, 5.41) is 2.59. The van der Waals surface area contributed by atoms with E-state index in [1.807, 2.05) is 6.92 Å². The van der Waals surface area contributed by atoms with Crippen LogP contribution in [0, 0.1) is 0 Å². The number of amides is 1. The number of nitrogens with zero attached hydrogens (tertiary/aromatic N) is 1. The molecular weight excluding hydrogens is 268 g/mol. The Kier molecular flexibility index (Phi) is 4.84. The molecule has 1 aromatic rings. The molecule has 0 aliphatic heterocycles. The zero-order chi connectivity index (χ0) is 14.6. The van der Waals surface area contributed by atoms with Crippen LogP contribution in [0.4, 0.5) is 5.82 Å². The third kappa shape index (κ3) is 4.49. The lowest BCUT2D eigenvalue weighted by Crippen LogP contribution is -2.23. The number of anilines is 1. The van der Waals surface area contributed by atoms with Gasteiger partial charge in [-0.1, -0.05) is 6.92 Å². The van der Waals surface area contributed by atoms with Crippen molar-refractivity contribution in [2.45, 2.75) is 24.4 Å². The van der Waals surface area contributed by atoms with Gasteiger partial charge < -0.3 is 16.8 Å². The van der Waals surface area contributed by atoms with Gasteiger partial charge in [0.05, 0.1) is 6.54 Å². The molecule has 1 amide bonds. The number of carbonyl (C=O) groups excluding carboxylic acids is 1. The fourth-order valence-electron chi connectivity index (χ4n) is 1.43. The predicted octanol–water partition coefficient (Wildman–Crippen LogP) is -0.208. The Hall–Kier alpha value is -1.67. The first-order valence-electron chi connectivity index (χ1n) is 5.73. The quantitative estimate of drug-likeness (QED) is 0.664. The average molecular weight is 286 g/mol. The molecule has 5 N–H and O–H groups in total. The number of aromatic nitrogens is 1. The second-order valence-electron chi connectivity index (χ2n) is 4.23. The Morgan fingerprint density at radius 3 is 2.58 bits per heavy atom. The third-order valence-electron chi connectivity index (χ3n) is 2.52. The number of carbonyl (C=O) groups is 1. The Morgan fingerprint density at radius 2 is 2.11 bits per heavy atom. The molecule has 8 heteroatoms. The van der Waals surface area contributed by atoms with Gasteiger partial charge in [0, 0.05) is 12.3 Å². The van der Waals surface area contributed by atoms with Crippen molar-refractivity contribution >= 4 is 21.6 Å². The zero-order valence-corrected chi connectivity index (χ0v) is 11.7. The number of hydrogen-bond donors (Lipinski definition) is 3. The van der Waals surface area contributed by atoms with E-state index in [0.717, 1.165) is 6.26 Å². The van der Waals surface area contributed by atoms with Gasteiger partial charge in [-0.15, -0.1) is 0 Å². The lowest BCUT2D eigenvalue weighted by atomic mass is 10.1. The summed E-state index contributed by atoms with van der Waals surface area (Å²) in [6.07, 6.45) is 1.72. The van der Waals surface area contributed by atoms with E-state index in [9.17, 15) is 13.2 Å². The number of nitrogens with two attached hydrogens (primary N) is 2. The molecule has 1 rings (SSSR count). The molecule has 19 heavy (non-hydrogen) atoms. The fraction of sp³-hybridized carbons (Fsp3) is 0.455. The highest BCUT2D eigenvalue weighted by atomic mass is 32.2. The second kappa shape index (κ2) is 5.98. The van der Waals surface area contributed by atoms with Crippen molar-refractivity contribution in [3.05, 3.63) is 17.7 Å². The van der Waals surface area contributed by atoms with Crippen LogP contribution in [0.5, 0.6) is 0 Å². The first-order chi connectivity index (χ1) is 8.74. The highest BCUT2D eigenvalue weighted by molar-refractivity contribution is 7.90. The molecule has 1 aromatic heterocycles. The minimum Gasteiger partial charge on any atom is -0.368 e. The van der Waals surface area contributed by atoms with Gasteiger partial charge in [-0.05, 0) is 24.1 Å². The van der Waals surface area contributed by atoms with Crippen LogP contribution < -0.4 is 16.8 Å². The van der Waals surface area contributed by atoms with E-state index in [-0.39, 0.29) is 23.4 Å². The van der Waals surface area contributed by atoms with Crippen molar-refractivity contribution in [3.63, 3.8) is 0 Å². The van der Waals surface area contributed by atoms with Gasteiger partial charge in [-0.2, -0.15) is 0 Å². The van der Waals surface area contributed by atoms with E-state index in [1.54, 1.807) is 6.07 Å². The van der Waals surface area contributed by atoms with Crippen LogP contribution in [-0.4, -0.2) is 32.1 Å². The van der Waals surface area contributed by atoms with Gasteiger partial charge in [0.25, 0.3) is 0 Å². The number of hydrogen-bond acceptors (Lipinski definition) is 6. The lowest BCUT2D eigenvalue weighted by molar-refractivity contribution is -0.116. The standard InChI is InChI=1S/C11H18N4O3S/c1-3-8(12)7-4-10(14-6-9(13)16)15-11(5-7)19(2,17)18/h4-5,8H,3,6,12H2,1-2H3,(H2,13,16)(H,14,15)/t8-/m0/s1. The maximum absolute atomic E-state index is 11.6. The summed E-state index contributed by atoms with van der Waals surface area (Å²) in [7, 11) is -3.45. The summed E-state index contributed by atoms with van der Waals surface area (Å²) in [4.78, 5) is 14.6. The molecule has 0 bridgehead atoms. The number of sulfone groups is 1. The summed E-state index contributed by atoms with van der Waals surface area (Å²) in [6.45, 7) is 1.77. The van der Waals surface area contributed by atoms with Crippen molar-refractivity contribution in [2.75, 3.05) is 18.1 Å². The molecule has 1 heterocycles. The van der Waals surface area contributed by atoms with Crippen LogP contribution in [-0.2, 0) is 14.6 Å². The van der Waals surface area contributed by atoms with Crippen LogP contribution in [0.15, 0.2) is 17.2 Å². The molecule has 0 fully saturated rings. The van der Waals surface area contributed by atoms with Crippen LogP contribution in [0.2, 0.25) is 0 Å². The molecule has 0 saturated carbocycles. The average Bonchev–Trinajstić information content (AvgIpc) is 2.34. The monoisotopic (exact) mass is 286 g/mol. The summed E-state index contributed by atoms with van der Waals surface area (Å²) >= 11 is 0. The molecule has 0 radical (unpaired) electrons. The highest BCUT2D eigenvalue weighted by Gasteiger charge is 2.15. The molecule has 1 atom stereocenters. The van der Waals surface area contributed by atoms with Gasteiger partial charge in [0.2, 0.25) is 5.91 Å². The van der Waals surface area contributed by atoms with Gasteiger partial charge in [-0.3, -0.25) is 4.79 Å². The maximum Gasteiger partial charge on any atom is 0.236 e. The SMILES string of the molecule is CC[C@H](N)c1cc(NCC(N)=O)nc(S(C)(=O)=O)c1. The lowest BCUT2D eigenvalue weighted by Gasteiger charge is -2.13. The molecular formula is C11H18N4O3S. The predicted molar refractivity (Wildman–Crippen MR) is 72.3 cm³/mol. The van der Waals surface area contributed by atoms with Crippen molar-refractivity contribution in [2.24, 2.45) is 11.5 Å². The topological polar surface area (TPSA) is 128 Å². The summed E-state index contributed by atoms with van der Waals surface area (Å²) in [6, 6.07) is 2.77. The fourth-order valence-corrected chi connectivity index (χ4v) is 2.05. The van der Waals surface area contributed by atoms with E-state index < -0.39 is 15.7 Å². The van der Waals surface area contributed by atoms with Gasteiger partial charge in [0.1, 0.15) is 5.82 Å². The normalized spacial score (nSPS) is 13.0. The van der Waals surface area contributed by atoms with E-state index in [4.69, 9.17) is 11.5 Å². The second-order valence-corrected chi connectivity index (χ2v) is 6.19. The Labute approximate surface area is 112 Å². The Balaban J connectivity index is 3.20. The molecule has 0 aliphatic rings. The smallest absolute Gasteiger partial charge is 0.236 e. The zero-order valence-electron chi connectivity index (χ0n) is 10.9. The minimum atomic E-state index is -3.45. The Morgan fingerprint density at radius 1 is 1.47 bits per heavy atom. The first-order valence-corrected chi connectivity index (χ1v) is 7.63. The van der Waals surface area contributed by atoms with E-state index in [1.165, 1.54) is 6.07 Å². The van der Waals surface area contributed by atoms with E-state index >= 15 is 0 Å². The number of rotatable bonds is 6.